The maximum Gasteiger partial charge on any atom is 0.231 e. The Morgan fingerprint density at radius 3 is 2.96 bits per heavy atom. The third-order valence-corrected chi connectivity index (χ3v) is 5.37. The first-order valence-corrected chi connectivity index (χ1v) is 10.4. The van der Waals surface area contributed by atoms with Gasteiger partial charge in [-0.15, -0.1) is 0 Å². The molecule has 2 aliphatic rings. The topological polar surface area (TPSA) is 85.7 Å². The van der Waals surface area contributed by atoms with Crippen LogP contribution in [0.3, 0.4) is 0 Å². The summed E-state index contributed by atoms with van der Waals surface area (Å²) in [6.07, 6.45) is 3.68. The van der Waals surface area contributed by atoms with Gasteiger partial charge in [-0.1, -0.05) is 6.07 Å². The first kappa shape index (κ1) is 17.3. The summed E-state index contributed by atoms with van der Waals surface area (Å²) in [4.78, 5) is 2.35. The SMILES string of the molecule is CS(=O)(=O)NCCC1CN(Cc2ccc3c(c2)OCO3)Cc2ccnn21. The molecular weight excluding hydrogens is 356 g/mol. The molecule has 0 bridgehead atoms. The Morgan fingerprint density at radius 1 is 1.27 bits per heavy atom. The molecule has 0 fully saturated rings. The molecule has 26 heavy (non-hydrogen) atoms. The average Bonchev–Trinajstić information content (AvgIpc) is 3.21. The van der Waals surface area contributed by atoms with Crippen molar-refractivity contribution in [2.45, 2.75) is 25.6 Å². The van der Waals surface area contributed by atoms with Gasteiger partial charge in [0.25, 0.3) is 0 Å². The predicted molar refractivity (Wildman–Crippen MR) is 95.4 cm³/mol. The highest BCUT2D eigenvalue weighted by atomic mass is 32.2. The Labute approximate surface area is 152 Å². The van der Waals surface area contributed by atoms with Crippen molar-refractivity contribution in [1.82, 2.24) is 19.4 Å². The summed E-state index contributed by atoms with van der Waals surface area (Å²) in [6.45, 7) is 3.09. The number of benzene rings is 1. The van der Waals surface area contributed by atoms with Crippen LogP contribution in [0.25, 0.3) is 0 Å². The zero-order valence-electron chi connectivity index (χ0n) is 14.6. The number of hydrogen-bond acceptors (Lipinski definition) is 6. The number of fused-ring (bicyclic) bond motifs is 2. The van der Waals surface area contributed by atoms with E-state index in [0.717, 1.165) is 42.4 Å². The number of nitrogens with zero attached hydrogens (tertiary/aromatic N) is 3. The molecule has 0 amide bonds. The molecule has 2 aromatic rings. The highest BCUT2D eigenvalue weighted by Gasteiger charge is 2.26. The molecule has 1 aromatic heterocycles. The molecule has 8 nitrogen and oxygen atoms in total. The number of sulfonamides is 1. The van der Waals surface area contributed by atoms with Gasteiger partial charge in [-0.25, -0.2) is 13.1 Å². The Kier molecular flexibility index (Phi) is 4.60. The van der Waals surface area contributed by atoms with E-state index in [-0.39, 0.29) is 12.8 Å². The molecule has 9 heteroatoms. The van der Waals surface area contributed by atoms with Crippen molar-refractivity contribution >= 4 is 10.0 Å². The van der Waals surface area contributed by atoms with Crippen LogP contribution in [-0.2, 0) is 23.1 Å². The first-order valence-electron chi connectivity index (χ1n) is 8.56. The fourth-order valence-electron chi connectivity index (χ4n) is 3.51. The van der Waals surface area contributed by atoms with Crippen LogP contribution in [0.15, 0.2) is 30.5 Å². The number of aromatic nitrogens is 2. The van der Waals surface area contributed by atoms with E-state index >= 15 is 0 Å². The molecule has 4 rings (SSSR count). The average molecular weight is 378 g/mol. The van der Waals surface area contributed by atoms with Crippen molar-refractivity contribution in [1.29, 1.82) is 0 Å². The second kappa shape index (κ2) is 6.90. The molecule has 1 N–H and O–H groups in total. The monoisotopic (exact) mass is 378 g/mol. The molecule has 0 spiro atoms. The summed E-state index contributed by atoms with van der Waals surface area (Å²) in [6, 6.07) is 8.17. The van der Waals surface area contributed by atoms with Gasteiger partial charge in [-0.2, -0.15) is 5.10 Å². The van der Waals surface area contributed by atoms with E-state index in [1.165, 1.54) is 6.26 Å². The Hall–Kier alpha value is -2.10. The van der Waals surface area contributed by atoms with E-state index in [2.05, 4.69) is 20.8 Å². The number of ether oxygens (including phenoxy) is 2. The predicted octanol–water partition coefficient (Wildman–Crippen LogP) is 1.11. The molecule has 0 saturated carbocycles. The van der Waals surface area contributed by atoms with Gasteiger partial charge in [0, 0.05) is 32.4 Å². The molecule has 140 valence electrons. The van der Waals surface area contributed by atoms with Gasteiger partial charge in [0.2, 0.25) is 16.8 Å². The maximum absolute atomic E-state index is 11.3. The molecule has 0 saturated heterocycles. The summed E-state index contributed by atoms with van der Waals surface area (Å²) in [7, 11) is -3.18. The molecule has 3 heterocycles. The molecule has 0 aliphatic carbocycles. The second-order valence-corrected chi connectivity index (χ2v) is 8.57. The lowest BCUT2D eigenvalue weighted by atomic mass is 10.1. The van der Waals surface area contributed by atoms with E-state index in [1.54, 1.807) is 6.20 Å². The van der Waals surface area contributed by atoms with Crippen LogP contribution in [0.5, 0.6) is 11.5 Å². The lowest BCUT2D eigenvalue weighted by molar-refractivity contribution is 0.161. The highest BCUT2D eigenvalue weighted by Crippen LogP contribution is 2.33. The zero-order valence-corrected chi connectivity index (χ0v) is 15.4. The van der Waals surface area contributed by atoms with Crippen molar-refractivity contribution in [2.75, 3.05) is 26.1 Å². The number of nitrogens with one attached hydrogen (secondary N) is 1. The smallest absolute Gasteiger partial charge is 0.231 e. The van der Waals surface area contributed by atoms with Crippen LogP contribution < -0.4 is 14.2 Å². The third kappa shape index (κ3) is 3.84. The minimum Gasteiger partial charge on any atom is -0.454 e. The summed E-state index contributed by atoms with van der Waals surface area (Å²) >= 11 is 0. The third-order valence-electron chi connectivity index (χ3n) is 4.64. The van der Waals surface area contributed by atoms with E-state index < -0.39 is 10.0 Å². The van der Waals surface area contributed by atoms with Gasteiger partial charge in [0.15, 0.2) is 11.5 Å². The fraction of sp³-hybridized carbons (Fsp3) is 0.471. The van der Waals surface area contributed by atoms with Gasteiger partial charge < -0.3 is 9.47 Å². The van der Waals surface area contributed by atoms with E-state index in [9.17, 15) is 8.42 Å². The fourth-order valence-corrected chi connectivity index (χ4v) is 4.00. The number of hydrogen-bond donors (Lipinski definition) is 1. The summed E-state index contributed by atoms with van der Waals surface area (Å²) in [5.74, 6) is 1.58. The Balaban J connectivity index is 1.45. The van der Waals surface area contributed by atoms with Crippen molar-refractivity contribution in [3.63, 3.8) is 0 Å². The van der Waals surface area contributed by atoms with Gasteiger partial charge >= 0.3 is 0 Å². The van der Waals surface area contributed by atoms with Gasteiger partial charge in [0.05, 0.1) is 18.0 Å². The lowest BCUT2D eigenvalue weighted by Gasteiger charge is -2.34. The van der Waals surface area contributed by atoms with Crippen LogP contribution in [0.4, 0.5) is 0 Å². The molecule has 1 unspecified atom stereocenters. The maximum atomic E-state index is 11.3. The molecular formula is C17H22N4O4S. The van der Waals surface area contributed by atoms with Crippen LogP contribution in [-0.4, -0.2) is 49.2 Å². The van der Waals surface area contributed by atoms with Crippen molar-refractivity contribution in [3.8, 4) is 11.5 Å². The molecule has 1 atom stereocenters. The van der Waals surface area contributed by atoms with Gasteiger partial charge in [-0.3, -0.25) is 9.58 Å². The molecule has 1 aromatic carbocycles. The van der Waals surface area contributed by atoms with Crippen LogP contribution in [0.1, 0.15) is 23.7 Å². The van der Waals surface area contributed by atoms with Crippen molar-refractivity contribution in [3.05, 3.63) is 41.7 Å². The van der Waals surface area contributed by atoms with E-state index in [4.69, 9.17) is 9.47 Å². The van der Waals surface area contributed by atoms with Crippen molar-refractivity contribution in [2.24, 2.45) is 0 Å². The van der Waals surface area contributed by atoms with Gasteiger partial charge in [0.1, 0.15) is 0 Å². The second-order valence-electron chi connectivity index (χ2n) is 6.73. The zero-order chi connectivity index (χ0) is 18.1. The lowest BCUT2D eigenvalue weighted by Crippen LogP contribution is -2.38. The molecule has 2 aliphatic heterocycles. The molecule has 0 radical (unpaired) electrons. The minimum atomic E-state index is -3.18. The normalized spacial score (nSPS) is 19.5. The summed E-state index contributed by atoms with van der Waals surface area (Å²) < 4.78 is 38.0. The first-order chi connectivity index (χ1) is 12.5. The highest BCUT2D eigenvalue weighted by molar-refractivity contribution is 7.88. The van der Waals surface area contributed by atoms with Gasteiger partial charge in [-0.05, 0) is 30.2 Å². The van der Waals surface area contributed by atoms with E-state index in [0.29, 0.717) is 13.0 Å². The minimum absolute atomic E-state index is 0.136. The summed E-state index contributed by atoms with van der Waals surface area (Å²) in [5, 5.41) is 4.42. The number of rotatable bonds is 6. The van der Waals surface area contributed by atoms with E-state index in [1.807, 2.05) is 22.9 Å². The van der Waals surface area contributed by atoms with Crippen LogP contribution in [0.2, 0.25) is 0 Å². The van der Waals surface area contributed by atoms with Crippen LogP contribution in [0, 0.1) is 0 Å². The Morgan fingerprint density at radius 2 is 2.12 bits per heavy atom. The largest absolute Gasteiger partial charge is 0.454 e. The summed E-state index contributed by atoms with van der Waals surface area (Å²) in [5.41, 5.74) is 2.30. The Bertz CT molecular complexity index is 896. The quantitative estimate of drug-likeness (QED) is 0.810. The standard InChI is InChI=1S/C17H22N4O4S/c1-26(22,23)19-7-5-15-11-20(10-14-4-6-18-21(14)15)9-13-2-3-16-17(8-13)25-12-24-16/h2-4,6,8,15,19H,5,7,9-12H2,1H3. The van der Waals surface area contributed by atoms with Crippen molar-refractivity contribution < 1.29 is 17.9 Å². The van der Waals surface area contributed by atoms with Crippen LogP contribution >= 0.6 is 0 Å².